The van der Waals surface area contributed by atoms with Crippen molar-refractivity contribution >= 4 is 29.3 Å². The Bertz CT molecular complexity index is 537. The highest BCUT2D eigenvalue weighted by molar-refractivity contribution is 8.03. The molecule has 0 saturated carbocycles. The van der Waals surface area contributed by atoms with Crippen LogP contribution in [0.4, 0.5) is 0 Å². The first-order chi connectivity index (χ1) is 9.58. The van der Waals surface area contributed by atoms with Crippen LogP contribution in [0.25, 0.3) is 5.70 Å². The van der Waals surface area contributed by atoms with Crippen LogP contribution < -0.4 is 0 Å². The number of hydrogen-bond donors (Lipinski definition) is 1. The van der Waals surface area contributed by atoms with Gasteiger partial charge in [-0.25, -0.2) is 0 Å². The number of aryl methyl sites for hydroxylation is 1. The van der Waals surface area contributed by atoms with E-state index in [4.69, 9.17) is 5.11 Å². The Hall–Kier alpha value is -1.75. The van der Waals surface area contributed by atoms with E-state index in [9.17, 15) is 9.59 Å². The molecule has 1 N–H and O–H groups in total. The van der Waals surface area contributed by atoms with Gasteiger partial charge in [0, 0.05) is 13.0 Å². The van der Waals surface area contributed by atoms with E-state index < -0.39 is 5.97 Å². The minimum atomic E-state index is -0.829. The topological polar surface area (TPSA) is 57.6 Å². The predicted molar refractivity (Wildman–Crippen MR) is 80.2 cm³/mol. The summed E-state index contributed by atoms with van der Waals surface area (Å²) in [6.07, 6.45) is 0.549. The number of carbonyl (C=O) groups is 2. The Morgan fingerprint density at radius 1 is 1.35 bits per heavy atom. The van der Waals surface area contributed by atoms with Crippen LogP contribution in [0, 0.1) is 6.92 Å². The average Bonchev–Trinajstić information content (AvgIpc) is 2.41. The molecule has 1 heterocycles. The van der Waals surface area contributed by atoms with E-state index in [1.807, 2.05) is 36.6 Å². The van der Waals surface area contributed by atoms with E-state index in [2.05, 4.69) is 0 Å². The molecule has 1 aliphatic heterocycles. The smallest absolute Gasteiger partial charge is 0.303 e. The fourth-order valence-electron chi connectivity index (χ4n) is 2.05. The van der Waals surface area contributed by atoms with Crippen LogP contribution in [-0.4, -0.2) is 34.2 Å². The molecular weight excluding hydrogens is 274 g/mol. The fourth-order valence-corrected chi connectivity index (χ4v) is 2.85. The third-order valence-electron chi connectivity index (χ3n) is 3.11. The van der Waals surface area contributed by atoms with Crippen LogP contribution in [0.3, 0.4) is 0 Å². The first-order valence-electron chi connectivity index (χ1n) is 6.49. The zero-order valence-corrected chi connectivity index (χ0v) is 12.2. The molecule has 0 aromatic heterocycles. The second kappa shape index (κ2) is 6.61. The fraction of sp³-hybridized carbons (Fsp3) is 0.333. The van der Waals surface area contributed by atoms with Crippen LogP contribution in [0.2, 0.25) is 0 Å². The van der Waals surface area contributed by atoms with Gasteiger partial charge in [0.1, 0.15) is 0 Å². The predicted octanol–water partition coefficient (Wildman–Crippen LogP) is 2.73. The number of carboxylic acids is 1. The van der Waals surface area contributed by atoms with Gasteiger partial charge in [-0.05, 0) is 24.3 Å². The molecule has 20 heavy (non-hydrogen) atoms. The lowest BCUT2D eigenvalue weighted by molar-refractivity contribution is -0.137. The molecule has 0 spiro atoms. The van der Waals surface area contributed by atoms with E-state index >= 15 is 0 Å². The first kappa shape index (κ1) is 14.7. The zero-order chi connectivity index (χ0) is 14.5. The summed E-state index contributed by atoms with van der Waals surface area (Å²) >= 11 is 1.48. The van der Waals surface area contributed by atoms with Crippen molar-refractivity contribution in [2.24, 2.45) is 0 Å². The van der Waals surface area contributed by atoms with E-state index in [1.54, 1.807) is 4.90 Å². The Kier molecular flexibility index (Phi) is 4.84. The number of aliphatic carboxylic acids is 1. The number of rotatable bonds is 5. The summed E-state index contributed by atoms with van der Waals surface area (Å²) in [5, 5.41) is 10.7. The van der Waals surface area contributed by atoms with Crippen molar-refractivity contribution < 1.29 is 14.7 Å². The molecule has 1 amide bonds. The molecule has 0 saturated heterocycles. The van der Waals surface area contributed by atoms with Crippen molar-refractivity contribution in [3.05, 3.63) is 40.8 Å². The summed E-state index contributed by atoms with van der Waals surface area (Å²) < 4.78 is 0. The summed E-state index contributed by atoms with van der Waals surface area (Å²) in [7, 11) is 0. The van der Waals surface area contributed by atoms with Gasteiger partial charge < -0.3 is 10.0 Å². The quantitative estimate of drug-likeness (QED) is 0.906. The average molecular weight is 291 g/mol. The van der Waals surface area contributed by atoms with Gasteiger partial charge in [0.05, 0.1) is 11.4 Å². The van der Waals surface area contributed by atoms with Gasteiger partial charge in [-0.15, -0.1) is 11.8 Å². The molecule has 4 nitrogen and oxygen atoms in total. The molecule has 0 bridgehead atoms. The summed E-state index contributed by atoms with van der Waals surface area (Å²) in [6.45, 7) is 2.47. The molecule has 0 radical (unpaired) electrons. The van der Waals surface area contributed by atoms with Gasteiger partial charge >= 0.3 is 5.97 Å². The third-order valence-corrected chi connectivity index (χ3v) is 3.92. The molecule has 0 unspecified atom stereocenters. The van der Waals surface area contributed by atoms with E-state index in [-0.39, 0.29) is 12.3 Å². The van der Waals surface area contributed by atoms with Crippen LogP contribution in [0.1, 0.15) is 24.0 Å². The molecule has 1 aliphatic rings. The lowest BCUT2D eigenvalue weighted by Gasteiger charge is -2.28. The molecule has 2 rings (SSSR count). The van der Waals surface area contributed by atoms with Gasteiger partial charge in [0.2, 0.25) is 5.91 Å². The Morgan fingerprint density at radius 2 is 2.05 bits per heavy atom. The maximum atomic E-state index is 12.0. The van der Waals surface area contributed by atoms with Crippen molar-refractivity contribution in [1.29, 1.82) is 0 Å². The normalized spacial score (nSPS) is 15.2. The third kappa shape index (κ3) is 3.63. The highest BCUT2D eigenvalue weighted by atomic mass is 32.2. The molecule has 1 aromatic rings. The minimum Gasteiger partial charge on any atom is -0.481 e. The van der Waals surface area contributed by atoms with Gasteiger partial charge in [-0.3, -0.25) is 9.59 Å². The number of benzene rings is 1. The van der Waals surface area contributed by atoms with E-state index in [0.29, 0.717) is 18.7 Å². The highest BCUT2D eigenvalue weighted by Gasteiger charge is 2.22. The standard InChI is InChI=1S/C15H17NO3S/c1-11-4-6-12(7-5-11)13-9-20-10-14(17)16(13)8-2-3-15(18)19/h4-7,9H,2-3,8,10H2,1H3,(H,18,19). The van der Waals surface area contributed by atoms with Crippen molar-refractivity contribution in [2.45, 2.75) is 19.8 Å². The number of nitrogens with zero attached hydrogens (tertiary/aromatic N) is 1. The van der Waals surface area contributed by atoms with E-state index in [0.717, 1.165) is 11.3 Å². The van der Waals surface area contributed by atoms with Crippen LogP contribution in [-0.2, 0) is 9.59 Å². The maximum Gasteiger partial charge on any atom is 0.303 e. The van der Waals surface area contributed by atoms with Gasteiger partial charge in [0.25, 0.3) is 0 Å². The first-order valence-corrected chi connectivity index (χ1v) is 7.54. The van der Waals surface area contributed by atoms with Crippen molar-refractivity contribution in [3.8, 4) is 0 Å². The Labute approximate surface area is 122 Å². The van der Waals surface area contributed by atoms with Gasteiger partial charge in [-0.1, -0.05) is 29.8 Å². The van der Waals surface area contributed by atoms with Crippen molar-refractivity contribution in [1.82, 2.24) is 4.90 Å². The SMILES string of the molecule is Cc1ccc(C2=CSCC(=O)N2CCCC(=O)O)cc1. The number of carbonyl (C=O) groups excluding carboxylic acids is 1. The molecule has 0 atom stereocenters. The second-order valence-corrected chi connectivity index (χ2v) is 5.58. The second-order valence-electron chi connectivity index (χ2n) is 4.72. The monoisotopic (exact) mass is 291 g/mol. The van der Waals surface area contributed by atoms with Crippen molar-refractivity contribution in [3.63, 3.8) is 0 Å². The van der Waals surface area contributed by atoms with Crippen LogP contribution >= 0.6 is 11.8 Å². The number of amides is 1. The van der Waals surface area contributed by atoms with Gasteiger partial charge in [0.15, 0.2) is 0 Å². The van der Waals surface area contributed by atoms with Gasteiger partial charge in [-0.2, -0.15) is 0 Å². The molecule has 106 valence electrons. The molecule has 1 aromatic carbocycles. The number of carboxylic acid groups (broad SMARTS) is 1. The zero-order valence-electron chi connectivity index (χ0n) is 11.3. The Balaban J connectivity index is 2.15. The molecule has 0 fully saturated rings. The number of hydrogen-bond acceptors (Lipinski definition) is 3. The summed E-state index contributed by atoms with van der Waals surface area (Å²) in [5.74, 6) is -0.370. The summed E-state index contributed by atoms with van der Waals surface area (Å²) in [4.78, 5) is 24.3. The lowest BCUT2D eigenvalue weighted by atomic mass is 10.1. The maximum absolute atomic E-state index is 12.0. The van der Waals surface area contributed by atoms with Crippen LogP contribution in [0.5, 0.6) is 0 Å². The minimum absolute atomic E-state index is 0.0402. The molecule has 0 aliphatic carbocycles. The largest absolute Gasteiger partial charge is 0.481 e. The lowest BCUT2D eigenvalue weighted by Crippen LogP contribution is -2.34. The van der Waals surface area contributed by atoms with Crippen molar-refractivity contribution in [2.75, 3.05) is 12.3 Å². The van der Waals surface area contributed by atoms with E-state index in [1.165, 1.54) is 17.3 Å². The summed E-state index contributed by atoms with van der Waals surface area (Å²) in [6, 6.07) is 8.00. The van der Waals surface area contributed by atoms with Crippen LogP contribution in [0.15, 0.2) is 29.7 Å². The molecular formula is C15H17NO3S. The summed E-state index contributed by atoms with van der Waals surface area (Å²) in [5.41, 5.74) is 3.03. The molecule has 5 heteroatoms. The Morgan fingerprint density at radius 3 is 2.70 bits per heavy atom. The highest BCUT2D eigenvalue weighted by Crippen LogP contribution is 2.28. The number of thioether (sulfide) groups is 1.